The Labute approximate surface area is 179 Å². The normalized spacial score (nSPS) is 14.8. The number of hydrogen-bond acceptors (Lipinski definition) is 6. The minimum Gasteiger partial charge on any atom is -0.497 e. The third-order valence-corrected chi connectivity index (χ3v) is 5.96. The Morgan fingerprint density at radius 2 is 1.84 bits per heavy atom. The van der Waals surface area contributed by atoms with Crippen molar-refractivity contribution in [2.24, 2.45) is 0 Å². The van der Waals surface area contributed by atoms with Crippen molar-refractivity contribution in [2.75, 3.05) is 20.2 Å². The Balaban J connectivity index is 1.26. The number of methoxy groups -OCH3 is 1. The summed E-state index contributed by atoms with van der Waals surface area (Å²) in [7, 11) is 1.63. The molecular formula is C24H23N3O4. The highest BCUT2D eigenvalue weighted by molar-refractivity contribution is 5.98. The van der Waals surface area contributed by atoms with Crippen LogP contribution in [0.5, 0.6) is 5.75 Å². The molecule has 2 aromatic heterocycles. The highest BCUT2D eigenvalue weighted by Crippen LogP contribution is 2.31. The van der Waals surface area contributed by atoms with Crippen molar-refractivity contribution in [3.05, 3.63) is 65.7 Å². The van der Waals surface area contributed by atoms with Crippen LogP contribution in [0.1, 0.15) is 40.8 Å². The Bertz CT molecular complexity index is 1220. The van der Waals surface area contributed by atoms with Crippen LogP contribution < -0.4 is 4.74 Å². The summed E-state index contributed by atoms with van der Waals surface area (Å²) in [6, 6.07) is 15.3. The van der Waals surface area contributed by atoms with Gasteiger partial charge in [0.2, 0.25) is 11.7 Å². The van der Waals surface area contributed by atoms with E-state index in [0.717, 1.165) is 40.7 Å². The van der Waals surface area contributed by atoms with Crippen LogP contribution in [0.25, 0.3) is 22.4 Å². The number of benzene rings is 2. The van der Waals surface area contributed by atoms with Crippen LogP contribution in [-0.4, -0.2) is 41.1 Å². The second-order valence-corrected chi connectivity index (χ2v) is 7.80. The predicted octanol–water partition coefficient (Wildman–Crippen LogP) is 4.82. The Morgan fingerprint density at radius 1 is 1.10 bits per heavy atom. The van der Waals surface area contributed by atoms with Crippen molar-refractivity contribution in [3.63, 3.8) is 0 Å². The van der Waals surface area contributed by atoms with E-state index in [1.165, 1.54) is 0 Å². The van der Waals surface area contributed by atoms with Gasteiger partial charge in [0.25, 0.3) is 5.91 Å². The topological polar surface area (TPSA) is 81.6 Å². The van der Waals surface area contributed by atoms with Crippen molar-refractivity contribution in [1.82, 2.24) is 15.0 Å². The highest BCUT2D eigenvalue weighted by atomic mass is 16.5. The number of nitrogens with zero attached hydrogens (tertiary/aromatic N) is 3. The number of carbonyl (C=O) groups excluding carboxylic acids is 1. The van der Waals surface area contributed by atoms with Gasteiger partial charge in [-0.1, -0.05) is 23.4 Å². The summed E-state index contributed by atoms with van der Waals surface area (Å²) < 4.78 is 16.6. The fourth-order valence-electron chi connectivity index (χ4n) is 4.11. The zero-order valence-electron chi connectivity index (χ0n) is 17.5. The first-order valence-corrected chi connectivity index (χ1v) is 10.4. The van der Waals surface area contributed by atoms with E-state index >= 15 is 0 Å². The molecule has 0 unspecified atom stereocenters. The lowest BCUT2D eigenvalue weighted by Crippen LogP contribution is -2.38. The van der Waals surface area contributed by atoms with Gasteiger partial charge < -0.3 is 18.6 Å². The first-order chi connectivity index (χ1) is 15.1. The number of aryl methyl sites for hydroxylation is 1. The van der Waals surface area contributed by atoms with Gasteiger partial charge >= 0.3 is 0 Å². The molecule has 0 N–H and O–H groups in total. The maximum absolute atomic E-state index is 13.0. The number of likely N-dealkylation sites (tertiary alicyclic amines) is 1. The van der Waals surface area contributed by atoms with E-state index in [1.807, 2.05) is 60.4 Å². The molecule has 2 aromatic carbocycles. The Hall–Kier alpha value is -3.61. The lowest BCUT2D eigenvalue weighted by molar-refractivity contribution is 0.0674. The molecule has 0 spiro atoms. The van der Waals surface area contributed by atoms with E-state index < -0.39 is 0 Å². The lowest BCUT2D eigenvalue weighted by Gasteiger charge is -2.29. The van der Waals surface area contributed by atoms with Crippen LogP contribution >= 0.6 is 0 Å². The fourth-order valence-corrected chi connectivity index (χ4v) is 4.11. The number of ether oxygens (including phenoxy) is 1. The summed E-state index contributed by atoms with van der Waals surface area (Å²) in [5.41, 5.74) is 2.52. The summed E-state index contributed by atoms with van der Waals surface area (Å²) in [4.78, 5) is 19.5. The number of hydrogen-bond donors (Lipinski definition) is 0. The summed E-state index contributed by atoms with van der Waals surface area (Å²) in [6.07, 6.45) is 1.55. The van der Waals surface area contributed by atoms with Gasteiger partial charge in [0, 0.05) is 35.5 Å². The summed E-state index contributed by atoms with van der Waals surface area (Å²) in [5.74, 6) is 2.48. The lowest BCUT2D eigenvalue weighted by atomic mass is 9.96. The molecule has 1 aliphatic rings. The van der Waals surface area contributed by atoms with Crippen LogP contribution in [0.2, 0.25) is 0 Å². The van der Waals surface area contributed by atoms with Crippen molar-refractivity contribution < 1.29 is 18.5 Å². The number of amides is 1. The summed E-state index contributed by atoms with van der Waals surface area (Å²) >= 11 is 0. The van der Waals surface area contributed by atoms with Gasteiger partial charge in [-0.25, -0.2) is 0 Å². The second-order valence-electron chi connectivity index (χ2n) is 7.80. The maximum Gasteiger partial charge on any atom is 0.289 e. The van der Waals surface area contributed by atoms with E-state index in [2.05, 4.69) is 10.1 Å². The SMILES string of the molecule is COc1ccc(-c2noc(C3CCN(C(=O)c4oc5ccccc5c4C)CC3)n2)cc1. The minimum atomic E-state index is -0.0587. The summed E-state index contributed by atoms with van der Waals surface area (Å²) in [6.45, 7) is 3.19. The molecule has 0 saturated carbocycles. The zero-order valence-corrected chi connectivity index (χ0v) is 17.5. The predicted molar refractivity (Wildman–Crippen MR) is 115 cm³/mol. The molecule has 0 bridgehead atoms. The van der Waals surface area contributed by atoms with E-state index in [4.69, 9.17) is 13.7 Å². The molecule has 4 aromatic rings. The second kappa shape index (κ2) is 7.91. The molecule has 158 valence electrons. The zero-order chi connectivity index (χ0) is 21.4. The standard InChI is InChI=1S/C24H23N3O4/c1-15-19-5-3-4-6-20(19)30-21(15)24(28)27-13-11-17(12-14-27)23-25-22(26-31-23)16-7-9-18(29-2)10-8-16/h3-10,17H,11-14H2,1-2H3. The number of rotatable bonds is 4. The van der Waals surface area contributed by atoms with Crippen molar-refractivity contribution in [1.29, 1.82) is 0 Å². The van der Waals surface area contributed by atoms with Gasteiger partial charge in [0.1, 0.15) is 11.3 Å². The Morgan fingerprint density at radius 3 is 2.55 bits per heavy atom. The molecule has 1 fully saturated rings. The first-order valence-electron chi connectivity index (χ1n) is 10.4. The molecule has 5 rings (SSSR count). The first kappa shape index (κ1) is 19.4. The molecular weight excluding hydrogens is 394 g/mol. The average Bonchev–Trinajstić information content (AvgIpc) is 3.44. The van der Waals surface area contributed by atoms with Gasteiger partial charge in [0.05, 0.1) is 7.11 Å². The van der Waals surface area contributed by atoms with E-state index in [0.29, 0.717) is 30.6 Å². The molecule has 7 heteroatoms. The van der Waals surface area contributed by atoms with Gasteiger partial charge in [-0.05, 0) is 50.1 Å². The quantitative estimate of drug-likeness (QED) is 0.474. The van der Waals surface area contributed by atoms with E-state index in [1.54, 1.807) is 7.11 Å². The molecule has 3 heterocycles. The Kier molecular flexibility index (Phi) is 4.94. The van der Waals surface area contributed by atoms with Gasteiger partial charge in [-0.15, -0.1) is 0 Å². The van der Waals surface area contributed by atoms with E-state index in [9.17, 15) is 4.79 Å². The number of para-hydroxylation sites is 1. The number of aromatic nitrogens is 2. The molecule has 7 nitrogen and oxygen atoms in total. The van der Waals surface area contributed by atoms with Crippen LogP contribution in [0.15, 0.2) is 57.5 Å². The molecule has 1 saturated heterocycles. The highest BCUT2D eigenvalue weighted by Gasteiger charge is 2.30. The average molecular weight is 417 g/mol. The van der Waals surface area contributed by atoms with Gasteiger partial charge in [0.15, 0.2) is 5.76 Å². The number of piperidine rings is 1. The molecule has 0 radical (unpaired) electrons. The van der Waals surface area contributed by atoms with Crippen LogP contribution in [0, 0.1) is 6.92 Å². The molecule has 0 aliphatic carbocycles. The largest absolute Gasteiger partial charge is 0.497 e. The molecule has 31 heavy (non-hydrogen) atoms. The van der Waals surface area contributed by atoms with Gasteiger partial charge in [-0.2, -0.15) is 4.98 Å². The van der Waals surface area contributed by atoms with Crippen molar-refractivity contribution in [2.45, 2.75) is 25.7 Å². The van der Waals surface area contributed by atoms with Crippen molar-refractivity contribution in [3.8, 4) is 17.1 Å². The van der Waals surface area contributed by atoms with E-state index in [-0.39, 0.29) is 11.8 Å². The third kappa shape index (κ3) is 3.56. The number of carbonyl (C=O) groups is 1. The number of furan rings is 1. The van der Waals surface area contributed by atoms with Crippen LogP contribution in [0.3, 0.4) is 0 Å². The summed E-state index contributed by atoms with van der Waals surface area (Å²) in [5, 5.41) is 5.12. The number of fused-ring (bicyclic) bond motifs is 1. The monoisotopic (exact) mass is 417 g/mol. The van der Waals surface area contributed by atoms with Gasteiger partial charge in [-0.3, -0.25) is 4.79 Å². The van der Waals surface area contributed by atoms with Crippen molar-refractivity contribution >= 4 is 16.9 Å². The van der Waals surface area contributed by atoms with Crippen LogP contribution in [0.4, 0.5) is 0 Å². The minimum absolute atomic E-state index is 0.0587. The molecule has 1 aliphatic heterocycles. The fraction of sp³-hybridized carbons (Fsp3) is 0.292. The molecule has 0 atom stereocenters. The van der Waals surface area contributed by atoms with Crippen LogP contribution in [-0.2, 0) is 0 Å². The maximum atomic E-state index is 13.0. The third-order valence-electron chi connectivity index (χ3n) is 5.96. The smallest absolute Gasteiger partial charge is 0.289 e. The molecule has 1 amide bonds.